The highest BCUT2D eigenvalue weighted by molar-refractivity contribution is 5.85. The lowest BCUT2D eigenvalue weighted by molar-refractivity contribution is 0.523. The molecule has 0 amide bonds. The molecule has 0 radical (unpaired) electrons. The van der Waals surface area contributed by atoms with Crippen LogP contribution in [0.3, 0.4) is 0 Å². The Morgan fingerprint density at radius 1 is 1.22 bits per heavy atom. The number of rotatable bonds is 0. The lowest BCUT2D eigenvalue weighted by Crippen LogP contribution is -2.14. The SMILES string of the molecule is Cl.NC1CCC2(CC2)C1. The molecule has 0 heterocycles. The molecule has 1 atom stereocenters. The Kier molecular flexibility index (Phi) is 1.75. The Morgan fingerprint density at radius 2 is 1.89 bits per heavy atom. The van der Waals surface area contributed by atoms with Gasteiger partial charge in [0, 0.05) is 6.04 Å². The van der Waals surface area contributed by atoms with Crippen molar-refractivity contribution in [1.82, 2.24) is 0 Å². The minimum atomic E-state index is 0. The van der Waals surface area contributed by atoms with Crippen LogP contribution in [0.15, 0.2) is 0 Å². The fourth-order valence-corrected chi connectivity index (χ4v) is 1.88. The fourth-order valence-electron chi connectivity index (χ4n) is 1.88. The van der Waals surface area contributed by atoms with E-state index < -0.39 is 0 Å². The van der Waals surface area contributed by atoms with Gasteiger partial charge in [0.05, 0.1) is 0 Å². The highest BCUT2D eigenvalue weighted by Crippen LogP contribution is 2.57. The van der Waals surface area contributed by atoms with Crippen molar-refractivity contribution >= 4 is 12.4 Å². The van der Waals surface area contributed by atoms with E-state index >= 15 is 0 Å². The molecule has 2 rings (SSSR count). The largest absolute Gasteiger partial charge is 0.328 e. The first-order valence-electron chi connectivity index (χ1n) is 3.56. The third-order valence-electron chi connectivity index (χ3n) is 2.70. The molecule has 0 aromatic carbocycles. The van der Waals surface area contributed by atoms with Gasteiger partial charge in [-0.3, -0.25) is 0 Å². The van der Waals surface area contributed by atoms with Gasteiger partial charge in [0.15, 0.2) is 0 Å². The van der Waals surface area contributed by atoms with Crippen LogP contribution in [0.4, 0.5) is 0 Å². The monoisotopic (exact) mass is 147 g/mol. The zero-order valence-electron chi connectivity index (χ0n) is 5.60. The van der Waals surface area contributed by atoms with Gasteiger partial charge in [0.25, 0.3) is 0 Å². The van der Waals surface area contributed by atoms with Crippen LogP contribution in [-0.2, 0) is 0 Å². The van der Waals surface area contributed by atoms with Crippen LogP contribution < -0.4 is 5.73 Å². The molecule has 0 aromatic heterocycles. The number of hydrogen-bond donors (Lipinski definition) is 1. The molecule has 1 spiro atoms. The first-order valence-corrected chi connectivity index (χ1v) is 3.56. The smallest absolute Gasteiger partial charge is 0.00443 e. The summed E-state index contributed by atoms with van der Waals surface area (Å²) in [7, 11) is 0. The normalized spacial score (nSPS) is 36.3. The van der Waals surface area contributed by atoms with Crippen molar-refractivity contribution in [3.63, 3.8) is 0 Å². The first-order chi connectivity index (χ1) is 3.81. The molecule has 2 saturated carbocycles. The van der Waals surface area contributed by atoms with Gasteiger partial charge >= 0.3 is 0 Å². The van der Waals surface area contributed by atoms with E-state index in [1.165, 1.54) is 32.1 Å². The molecule has 0 aliphatic heterocycles. The average Bonchev–Trinajstić information content (AvgIpc) is 2.34. The summed E-state index contributed by atoms with van der Waals surface area (Å²) < 4.78 is 0. The molecule has 9 heavy (non-hydrogen) atoms. The first kappa shape index (κ1) is 7.36. The van der Waals surface area contributed by atoms with Crippen molar-refractivity contribution in [2.24, 2.45) is 11.1 Å². The molecule has 0 saturated heterocycles. The van der Waals surface area contributed by atoms with E-state index in [-0.39, 0.29) is 12.4 Å². The zero-order valence-corrected chi connectivity index (χ0v) is 6.41. The van der Waals surface area contributed by atoms with E-state index in [1.54, 1.807) is 0 Å². The van der Waals surface area contributed by atoms with Crippen molar-refractivity contribution < 1.29 is 0 Å². The van der Waals surface area contributed by atoms with Gasteiger partial charge in [-0.2, -0.15) is 0 Å². The highest BCUT2D eigenvalue weighted by Gasteiger charge is 2.46. The van der Waals surface area contributed by atoms with Crippen LogP contribution >= 0.6 is 12.4 Å². The van der Waals surface area contributed by atoms with E-state index in [9.17, 15) is 0 Å². The Labute approximate surface area is 62.4 Å². The summed E-state index contributed by atoms with van der Waals surface area (Å²) in [6.45, 7) is 0. The van der Waals surface area contributed by atoms with Crippen LogP contribution in [0.5, 0.6) is 0 Å². The second kappa shape index (κ2) is 2.14. The maximum atomic E-state index is 5.75. The summed E-state index contributed by atoms with van der Waals surface area (Å²) in [5.41, 5.74) is 6.54. The summed E-state index contributed by atoms with van der Waals surface area (Å²) in [6.07, 6.45) is 6.99. The minimum absolute atomic E-state index is 0. The summed E-state index contributed by atoms with van der Waals surface area (Å²) in [5.74, 6) is 0. The van der Waals surface area contributed by atoms with Gasteiger partial charge < -0.3 is 5.73 Å². The van der Waals surface area contributed by atoms with E-state index in [1.807, 2.05) is 0 Å². The van der Waals surface area contributed by atoms with Crippen molar-refractivity contribution in [3.05, 3.63) is 0 Å². The second-order valence-electron chi connectivity index (χ2n) is 3.50. The van der Waals surface area contributed by atoms with Gasteiger partial charge in [-0.05, 0) is 37.5 Å². The molecule has 2 fully saturated rings. The summed E-state index contributed by atoms with van der Waals surface area (Å²) in [5, 5.41) is 0. The van der Waals surface area contributed by atoms with Crippen molar-refractivity contribution in [3.8, 4) is 0 Å². The van der Waals surface area contributed by atoms with Crippen LogP contribution in [0.1, 0.15) is 32.1 Å². The van der Waals surface area contributed by atoms with Gasteiger partial charge in [0.1, 0.15) is 0 Å². The molecular formula is C7H14ClN. The molecule has 0 bridgehead atoms. The number of nitrogens with two attached hydrogens (primary N) is 1. The third-order valence-corrected chi connectivity index (χ3v) is 2.70. The molecule has 2 aliphatic carbocycles. The molecule has 1 nitrogen and oxygen atoms in total. The predicted octanol–water partition coefficient (Wildman–Crippen LogP) is 1.70. The van der Waals surface area contributed by atoms with E-state index in [4.69, 9.17) is 5.73 Å². The standard InChI is InChI=1S/C7H13N.ClH/c8-6-1-2-7(5-6)3-4-7;/h6H,1-5,8H2;1H. The van der Waals surface area contributed by atoms with E-state index in [2.05, 4.69) is 0 Å². The zero-order chi connectivity index (χ0) is 5.61. The number of halogens is 1. The molecular weight excluding hydrogens is 134 g/mol. The Bertz CT molecular complexity index is 109. The molecule has 2 aliphatic rings. The maximum absolute atomic E-state index is 5.75. The van der Waals surface area contributed by atoms with Gasteiger partial charge in [-0.15, -0.1) is 12.4 Å². The van der Waals surface area contributed by atoms with Crippen LogP contribution in [0.2, 0.25) is 0 Å². The van der Waals surface area contributed by atoms with Crippen LogP contribution in [0, 0.1) is 5.41 Å². The minimum Gasteiger partial charge on any atom is -0.328 e. The third kappa shape index (κ3) is 1.22. The van der Waals surface area contributed by atoms with Crippen LogP contribution in [0.25, 0.3) is 0 Å². The average molecular weight is 148 g/mol. The fraction of sp³-hybridized carbons (Fsp3) is 1.00. The predicted molar refractivity (Wildman–Crippen MR) is 40.7 cm³/mol. The molecule has 2 heteroatoms. The van der Waals surface area contributed by atoms with Gasteiger partial charge in [-0.1, -0.05) is 0 Å². The van der Waals surface area contributed by atoms with Crippen LogP contribution in [-0.4, -0.2) is 6.04 Å². The van der Waals surface area contributed by atoms with Crippen molar-refractivity contribution in [1.29, 1.82) is 0 Å². The van der Waals surface area contributed by atoms with Crippen molar-refractivity contribution in [2.45, 2.75) is 38.1 Å². The maximum Gasteiger partial charge on any atom is 0.00443 e. The summed E-state index contributed by atoms with van der Waals surface area (Å²) >= 11 is 0. The lowest BCUT2D eigenvalue weighted by atomic mass is 10.1. The molecule has 2 N–H and O–H groups in total. The Morgan fingerprint density at radius 3 is 2.11 bits per heavy atom. The number of hydrogen-bond acceptors (Lipinski definition) is 1. The van der Waals surface area contributed by atoms with E-state index in [0.717, 1.165) is 5.41 Å². The Hall–Kier alpha value is 0.250. The topological polar surface area (TPSA) is 26.0 Å². The quantitative estimate of drug-likeness (QED) is 0.555. The summed E-state index contributed by atoms with van der Waals surface area (Å²) in [4.78, 5) is 0. The Balaban J connectivity index is 0.000000405. The molecule has 1 unspecified atom stereocenters. The van der Waals surface area contributed by atoms with Gasteiger partial charge in [0.2, 0.25) is 0 Å². The van der Waals surface area contributed by atoms with E-state index in [0.29, 0.717) is 6.04 Å². The molecule has 54 valence electrons. The van der Waals surface area contributed by atoms with Gasteiger partial charge in [-0.25, -0.2) is 0 Å². The van der Waals surface area contributed by atoms with Crippen molar-refractivity contribution in [2.75, 3.05) is 0 Å². The second-order valence-corrected chi connectivity index (χ2v) is 3.50. The highest BCUT2D eigenvalue weighted by atomic mass is 35.5. The summed E-state index contributed by atoms with van der Waals surface area (Å²) in [6, 6.07) is 0.553. The molecule has 0 aromatic rings. The lowest BCUT2D eigenvalue weighted by Gasteiger charge is -2.01.